The van der Waals surface area contributed by atoms with Gasteiger partial charge in [-0.3, -0.25) is 9.59 Å². The molecule has 9 nitrogen and oxygen atoms in total. The van der Waals surface area contributed by atoms with Crippen molar-refractivity contribution in [2.24, 2.45) is 0 Å². The average molecular weight is 495 g/mol. The summed E-state index contributed by atoms with van der Waals surface area (Å²) in [6.07, 6.45) is 2.70. The van der Waals surface area contributed by atoms with E-state index >= 15 is 0 Å². The molecule has 1 saturated heterocycles. The van der Waals surface area contributed by atoms with Crippen LogP contribution in [0.4, 0.5) is 24.7 Å². The van der Waals surface area contributed by atoms with Crippen molar-refractivity contribution in [2.75, 3.05) is 30.0 Å². The first-order valence-electron chi connectivity index (χ1n) is 11.8. The second-order valence-corrected chi connectivity index (χ2v) is 8.94. The molecule has 1 aliphatic heterocycles. The molecule has 1 amide bonds. The van der Waals surface area contributed by atoms with Crippen LogP contribution >= 0.6 is 0 Å². The van der Waals surface area contributed by atoms with Crippen molar-refractivity contribution in [1.82, 2.24) is 20.5 Å². The first-order valence-corrected chi connectivity index (χ1v) is 11.8. The van der Waals surface area contributed by atoms with E-state index in [-0.39, 0.29) is 36.9 Å². The van der Waals surface area contributed by atoms with Crippen molar-refractivity contribution >= 4 is 17.4 Å². The standard InChI is InChI=1S/C23H29F3N6O3/c24-23(25,26)21-18(12-28-31-22(21)34)32-11-3-4-17(32)13-35-14-20(33)30-16-8-6-15(7-9-16)29-19-5-1-2-10-27-19/h1-2,5,10,12,15-17H,3-4,6-9,11,13-14H2,(H,27,29)(H,30,33)(H,31,34)/t15-,16-,17-/m0/s1. The van der Waals surface area contributed by atoms with E-state index in [1.54, 1.807) is 6.20 Å². The number of pyridine rings is 1. The number of anilines is 2. The third-order valence-corrected chi connectivity index (χ3v) is 6.46. The maximum Gasteiger partial charge on any atom is 0.423 e. The molecule has 2 aliphatic rings. The predicted molar refractivity (Wildman–Crippen MR) is 123 cm³/mol. The summed E-state index contributed by atoms with van der Waals surface area (Å²) in [6, 6.07) is 5.71. The minimum absolute atomic E-state index is 0.0623. The molecule has 2 aromatic heterocycles. The Morgan fingerprint density at radius 2 is 1.94 bits per heavy atom. The van der Waals surface area contributed by atoms with E-state index in [1.807, 2.05) is 23.3 Å². The topological polar surface area (TPSA) is 112 Å². The lowest BCUT2D eigenvalue weighted by atomic mass is 9.91. The molecule has 4 rings (SSSR count). The maximum absolute atomic E-state index is 13.4. The number of amides is 1. The van der Waals surface area contributed by atoms with Crippen molar-refractivity contribution in [3.05, 3.63) is 46.5 Å². The van der Waals surface area contributed by atoms with Gasteiger partial charge in [-0.2, -0.15) is 18.3 Å². The summed E-state index contributed by atoms with van der Waals surface area (Å²) in [5.74, 6) is 0.595. The van der Waals surface area contributed by atoms with Gasteiger partial charge in [0.05, 0.1) is 24.5 Å². The Morgan fingerprint density at radius 1 is 1.17 bits per heavy atom. The molecular formula is C23H29F3N6O3. The van der Waals surface area contributed by atoms with E-state index in [1.165, 1.54) is 4.90 Å². The highest BCUT2D eigenvalue weighted by Gasteiger charge is 2.40. The zero-order valence-corrected chi connectivity index (χ0v) is 19.2. The van der Waals surface area contributed by atoms with Crippen LogP contribution in [0.15, 0.2) is 35.4 Å². The number of ether oxygens (including phenoxy) is 1. The van der Waals surface area contributed by atoms with Gasteiger partial charge in [-0.25, -0.2) is 10.1 Å². The molecule has 190 valence electrons. The summed E-state index contributed by atoms with van der Waals surface area (Å²) in [5, 5.41) is 11.8. The number of H-pyrrole nitrogens is 1. The van der Waals surface area contributed by atoms with Gasteiger partial charge in [0.15, 0.2) is 0 Å². The lowest BCUT2D eigenvalue weighted by Crippen LogP contribution is -2.42. The highest BCUT2D eigenvalue weighted by Crippen LogP contribution is 2.36. The third-order valence-electron chi connectivity index (χ3n) is 6.46. The lowest BCUT2D eigenvalue weighted by Gasteiger charge is -2.30. The average Bonchev–Trinajstić information content (AvgIpc) is 3.28. The molecule has 0 radical (unpaired) electrons. The van der Waals surface area contributed by atoms with Crippen LogP contribution < -0.4 is 21.1 Å². The Labute approximate surface area is 200 Å². The molecule has 3 N–H and O–H groups in total. The van der Waals surface area contributed by atoms with E-state index in [0.717, 1.165) is 37.7 Å². The summed E-state index contributed by atoms with van der Waals surface area (Å²) in [6.45, 7) is 0.263. The van der Waals surface area contributed by atoms with Gasteiger partial charge in [0.1, 0.15) is 18.0 Å². The minimum Gasteiger partial charge on any atom is -0.370 e. The molecule has 1 atom stereocenters. The quantitative estimate of drug-likeness (QED) is 0.517. The van der Waals surface area contributed by atoms with Gasteiger partial charge in [0, 0.05) is 24.8 Å². The Morgan fingerprint density at radius 3 is 2.66 bits per heavy atom. The third kappa shape index (κ3) is 6.50. The minimum atomic E-state index is -4.80. The molecule has 0 aromatic carbocycles. The highest BCUT2D eigenvalue weighted by atomic mass is 19.4. The van der Waals surface area contributed by atoms with Crippen LogP contribution in [0.1, 0.15) is 44.1 Å². The van der Waals surface area contributed by atoms with Crippen molar-refractivity contribution in [1.29, 1.82) is 0 Å². The number of halogens is 3. The molecule has 2 aromatic rings. The fourth-order valence-electron chi connectivity index (χ4n) is 4.80. The molecule has 1 aliphatic carbocycles. The maximum atomic E-state index is 13.4. The van der Waals surface area contributed by atoms with Crippen LogP contribution in [0.25, 0.3) is 0 Å². The fourth-order valence-corrected chi connectivity index (χ4v) is 4.80. The van der Waals surface area contributed by atoms with Gasteiger partial charge in [0.2, 0.25) is 5.91 Å². The van der Waals surface area contributed by atoms with E-state index in [2.05, 4.69) is 20.7 Å². The van der Waals surface area contributed by atoms with Gasteiger partial charge >= 0.3 is 6.18 Å². The molecule has 2 fully saturated rings. The number of carbonyl (C=O) groups is 1. The number of alkyl halides is 3. The van der Waals surface area contributed by atoms with Crippen LogP contribution in [-0.2, 0) is 15.7 Å². The highest BCUT2D eigenvalue weighted by molar-refractivity contribution is 5.77. The molecule has 35 heavy (non-hydrogen) atoms. The Balaban J connectivity index is 1.22. The lowest BCUT2D eigenvalue weighted by molar-refractivity contribution is -0.138. The molecule has 3 heterocycles. The summed E-state index contributed by atoms with van der Waals surface area (Å²) in [4.78, 5) is 29.9. The van der Waals surface area contributed by atoms with E-state index in [0.29, 0.717) is 25.4 Å². The number of hydrogen-bond donors (Lipinski definition) is 3. The summed E-state index contributed by atoms with van der Waals surface area (Å²) in [5.41, 5.74) is -2.79. The Hall–Kier alpha value is -3.15. The second kappa shape index (κ2) is 11.1. The van der Waals surface area contributed by atoms with Crippen LogP contribution in [-0.4, -0.2) is 59.0 Å². The van der Waals surface area contributed by atoms with Crippen molar-refractivity contribution in [3.63, 3.8) is 0 Å². The van der Waals surface area contributed by atoms with Crippen molar-refractivity contribution in [3.8, 4) is 0 Å². The van der Waals surface area contributed by atoms with Gasteiger partial charge in [-0.15, -0.1) is 0 Å². The number of hydrogen-bond acceptors (Lipinski definition) is 7. The van der Waals surface area contributed by atoms with E-state index in [9.17, 15) is 22.8 Å². The molecule has 0 bridgehead atoms. The zero-order valence-electron chi connectivity index (χ0n) is 19.2. The van der Waals surface area contributed by atoms with Gasteiger partial charge in [-0.1, -0.05) is 6.07 Å². The summed E-state index contributed by atoms with van der Waals surface area (Å²) >= 11 is 0. The molecule has 12 heteroatoms. The Kier molecular flexibility index (Phi) is 7.89. The predicted octanol–water partition coefficient (Wildman–Crippen LogP) is 2.71. The summed E-state index contributed by atoms with van der Waals surface area (Å²) < 4.78 is 45.9. The van der Waals surface area contributed by atoms with Crippen LogP contribution in [0.5, 0.6) is 0 Å². The van der Waals surface area contributed by atoms with Crippen LogP contribution in [0, 0.1) is 0 Å². The van der Waals surface area contributed by atoms with Gasteiger partial charge in [0.25, 0.3) is 5.56 Å². The van der Waals surface area contributed by atoms with Gasteiger partial charge < -0.3 is 20.3 Å². The molecule has 0 unspecified atom stereocenters. The first-order chi connectivity index (χ1) is 16.8. The van der Waals surface area contributed by atoms with E-state index in [4.69, 9.17) is 4.74 Å². The van der Waals surface area contributed by atoms with Crippen LogP contribution in [0.2, 0.25) is 0 Å². The van der Waals surface area contributed by atoms with Gasteiger partial charge in [-0.05, 0) is 50.7 Å². The fraction of sp³-hybridized carbons (Fsp3) is 0.565. The number of aromatic amines is 1. The molecular weight excluding hydrogens is 465 g/mol. The van der Waals surface area contributed by atoms with Crippen LogP contribution in [0.3, 0.4) is 0 Å². The number of rotatable bonds is 8. The number of aromatic nitrogens is 3. The zero-order chi connectivity index (χ0) is 24.8. The largest absolute Gasteiger partial charge is 0.423 e. The normalized spacial score (nSPS) is 22.7. The SMILES string of the molecule is O=C(COC[C@@H]1CCCN1c1cn[nH]c(=O)c1C(F)(F)F)N[C@H]1CC[C@H](Nc2ccccn2)CC1. The molecule has 0 spiro atoms. The molecule has 1 saturated carbocycles. The Bertz CT molecular complexity index is 1040. The van der Waals surface area contributed by atoms with E-state index < -0.39 is 17.3 Å². The van der Waals surface area contributed by atoms with Crippen molar-refractivity contribution in [2.45, 2.75) is 62.8 Å². The monoisotopic (exact) mass is 494 g/mol. The first kappa shape index (κ1) is 25.0. The summed E-state index contributed by atoms with van der Waals surface area (Å²) in [7, 11) is 0. The second-order valence-electron chi connectivity index (χ2n) is 8.94. The number of nitrogens with one attached hydrogen (secondary N) is 3. The number of nitrogens with zero attached hydrogens (tertiary/aromatic N) is 3. The van der Waals surface area contributed by atoms with Crippen molar-refractivity contribution < 1.29 is 22.7 Å². The smallest absolute Gasteiger partial charge is 0.370 e. The number of carbonyl (C=O) groups excluding carboxylic acids is 1.